The summed E-state index contributed by atoms with van der Waals surface area (Å²) in [7, 11) is 0. The van der Waals surface area contributed by atoms with Crippen LogP contribution in [0.5, 0.6) is 0 Å². The van der Waals surface area contributed by atoms with Gasteiger partial charge in [0.05, 0.1) is 10.7 Å². The molecule has 0 unspecified atom stereocenters. The van der Waals surface area contributed by atoms with Crippen molar-refractivity contribution < 1.29 is 0 Å². The number of nitrogens with zero attached hydrogens (tertiary/aromatic N) is 2. The highest BCUT2D eigenvalue weighted by Gasteiger charge is 2.06. The van der Waals surface area contributed by atoms with Crippen LogP contribution in [0.15, 0.2) is 24.5 Å². The lowest BCUT2D eigenvalue weighted by atomic mass is 10.3. The lowest BCUT2D eigenvalue weighted by Crippen LogP contribution is -2.02. The molecule has 1 aromatic carbocycles. The number of nitrogens with one attached hydrogen (secondary N) is 1. The lowest BCUT2D eigenvalue weighted by Gasteiger charge is -2.10. The number of hydrogen-bond acceptors (Lipinski definition) is 4. The molecule has 0 amide bonds. The molecule has 0 saturated heterocycles. The number of hydrogen-bond donors (Lipinski definition) is 2. The molecule has 2 rings (SSSR count). The standard InChI is InChI=1S/C11H10ClIN4/c1-6-10(14)15-5-16-11(6)17-9-3-2-7(13)4-8(9)12/h2-5H,1H3,(H3,14,15,16,17). The average Bonchev–Trinajstić information content (AvgIpc) is 2.28. The van der Waals surface area contributed by atoms with E-state index in [0.29, 0.717) is 16.7 Å². The molecule has 0 aliphatic rings. The summed E-state index contributed by atoms with van der Waals surface area (Å²) in [5, 5.41) is 3.79. The van der Waals surface area contributed by atoms with Crippen molar-refractivity contribution in [1.29, 1.82) is 0 Å². The maximum atomic E-state index is 6.13. The van der Waals surface area contributed by atoms with Crippen molar-refractivity contribution in [2.75, 3.05) is 11.1 Å². The highest BCUT2D eigenvalue weighted by atomic mass is 127. The first kappa shape index (κ1) is 12.4. The zero-order valence-electron chi connectivity index (χ0n) is 9.04. The zero-order valence-corrected chi connectivity index (χ0v) is 12.0. The van der Waals surface area contributed by atoms with E-state index in [1.54, 1.807) is 0 Å². The van der Waals surface area contributed by atoms with Crippen molar-refractivity contribution >= 4 is 51.5 Å². The lowest BCUT2D eigenvalue weighted by molar-refractivity contribution is 1.14. The molecule has 4 nitrogen and oxygen atoms in total. The van der Waals surface area contributed by atoms with Crippen molar-refractivity contribution in [3.8, 4) is 0 Å². The van der Waals surface area contributed by atoms with Crippen LogP contribution in [0, 0.1) is 10.5 Å². The molecule has 0 aliphatic heterocycles. The van der Waals surface area contributed by atoms with Crippen LogP contribution in [-0.2, 0) is 0 Å². The smallest absolute Gasteiger partial charge is 0.138 e. The van der Waals surface area contributed by atoms with Crippen molar-refractivity contribution in [2.24, 2.45) is 0 Å². The van der Waals surface area contributed by atoms with E-state index in [-0.39, 0.29) is 0 Å². The normalized spacial score (nSPS) is 10.3. The third-order valence-corrected chi connectivity index (χ3v) is 3.29. The van der Waals surface area contributed by atoms with E-state index >= 15 is 0 Å². The number of rotatable bonds is 2. The molecule has 2 aromatic rings. The van der Waals surface area contributed by atoms with E-state index in [0.717, 1.165) is 14.8 Å². The first-order valence-corrected chi connectivity index (χ1v) is 6.32. The molecule has 1 heterocycles. The summed E-state index contributed by atoms with van der Waals surface area (Å²) in [6.07, 6.45) is 1.42. The van der Waals surface area contributed by atoms with Gasteiger partial charge >= 0.3 is 0 Å². The number of aromatic nitrogens is 2. The Kier molecular flexibility index (Phi) is 3.68. The van der Waals surface area contributed by atoms with E-state index in [4.69, 9.17) is 17.3 Å². The number of nitrogen functional groups attached to an aromatic ring is 1. The number of benzene rings is 1. The maximum Gasteiger partial charge on any atom is 0.138 e. The summed E-state index contributed by atoms with van der Waals surface area (Å²) < 4.78 is 1.08. The fourth-order valence-electron chi connectivity index (χ4n) is 1.31. The van der Waals surface area contributed by atoms with Gasteiger partial charge in [0.25, 0.3) is 0 Å². The highest BCUT2D eigenvalue weighted by Crippen LogP contribution is 2.28. The van der Waals surface area contributed by atoms with Gasteiger partial charge in [0.2, 0.25) is 0 Å². The van der Waals surface area contributed by atoms with Crippen molar-refractivity contribution in [3.05, 3.63) is 38.7 Å². The second kappa shape index (κ2) is 5.05. The molecule has 0 atom stereocenters. The second-order valence-electron chi connectivity index (χ2n) is 3.48. The van der Waals surface area contributed by atoms with Gasteiger partial charge in [-0.2, -0.15) is 0 Å². The molecule has 3 N–H and O–H groups in total. The molecule has 0 aliphatic carbocycles. The maximum absolute atomic E-state index is 6.13. The van der Waals surface area contributed by atoms with E-state index in [1.165, 1.54) is 6.33 Å². The first-order valence-electron chi connectivity index (χ1n) is 4.87. The third-order valence-electron chi connectivity index (χ3n) is 2.31. The predicted octanol–water partition coefficient (Wildman–Crippen LogP) is 3.37. The predicted molar refractivity (Wildman–Crippen MR) is 78.6 cm³/mol. The van der Waals surface area contributed by atoms with E-state index < -0.39 is 0 Å². The van der Waals surface area contributed by atoms with Gasteiger partial charge in [0.15, 0.2) is 0 Å². The van der Waals surface area contributed by atoms with Crippen molar-refractivity contribution in [2.45, 2.75) is 6.92 Å². The molecule has 0 fully saturated rings. The van der Waals surface area contributed by atoms with Crippen LogP contribution in [0.25, 0.3) is 0 Å². The third kappa shape index (κ3) is 2.78. The summed E-state index contributed by atoms with van der Waals surface area (Å²) in [6, 6.07) is 5.75. The summed E-state index contributed by atoms with van der Waals surface area (Å²) in [6.45, 7) is 1.86. The molecule has 0 radical (unpaired) electrons. The van der Waals surface area contributed by atoms with Gasteiger partial charge in [-0.3, -0.25) is 0 Å². The molecule has 88 valence electrons. The monoisotopic (exact) mass is 360 g/mol. The van der Waals surface area contributed by atoms with Crippen LogP contribution in [0.2, 0.25) is 5.02 Å². The van der Waals surface area contributed by atoms with Gasteiger partial charge in [0.1, 0.15) is 18.0 Å². The Bertz CT molecular complexity index is 559. The van der Waals surface area contributed by atoms with Crippen LogP contribution < -0.4 is 11.1 Å². The molecule has 0 spiro atoms. The zero-order chi connectivity index (χ0) is 12.4. The fourth-order valence-corrected chi connectivity index (χ4v) is 2.21. The van der Waals surface area contributed by atoms with Crippen LogP contribution >= 0.6 is 34.2 Å². The summed E-state index contributed by atoms with van der Waals surface area (Å²) in [4.78, 5) is 8.05. The minimum Gasteiger partial charge on any atom is -0.383 e. The molecule has 6 heteroatoms. The summed E-state index contributed by atoms with van der Waals surface area (Å²) >= 11 is 8.34. The van der Waals surface area contributed by atoms with Gasteiger partial charge < -0.3 is 11.1 Å². The van der Waals surface area contributed by atoms with Crippen LogP contribution in [0.4, 0.5) is 17.3 Å². The highest BCUT2D eigenvalue weighted by molar-refractivity contribution is 14.1. The van der Waals surface area contributed by atoms with Gasteiger partial charge in [-0.05, 0) is 47.7 Å². The Hall–Kier alpha value is -1.08. The fraction of sp³-hybridized carbons (Fsp3) is 0.0909. The Morgan fingerprint density at radius 3 is 2.82 bits per heavy atom. The quantitative estimate of drug-likeness (QED) is 0.806. The molecular weight excluding hydrogens is 351 g/mol. The first-order chi connectivity index (χ1) is 8.08. The van der Waals surface area contributed by atoms with Gasteiger partial charge in [-0.1, -0.05) is 11.6 Å². The molecule has 17 heavy (non-hydrogen) atoms. The van der Waals surface area contributed by atoms with Gasteiger partial charge in [0, 0.05) is 9.13 Å². The molecular formula is C11H10ClIN4. The second-order valence-corrected chi connectivity index (χ2v) is 5.13. The molecule has 0 bridgehead atoms. The van der Waals surface area contributed by atoms with E-state index in [1.807, 2.05) is 25.1 Å². The van der Waals surface area contributed by atoms with Crippen LogP contribution in [0.1, 0.15) is 5.56 Å². The Morgan fingerprint density at radius 1 is 1.35 bits per heavy atom. The van der Waals surface area contributed by atoms with Crippen molar-refractivity contribution in [3.63, 3.8) is 0 Å². The summed E-state index contributed by atoms with van der Waals surface area (Å²) in [5.41, 5.74) is 7.32. The summed E-state index contributed by atoms with van der Waals surface area (Å²) in [5.74, 6) is 1.13. The Balaban J connectivity index is 2.35. The van der Waals surface area contributed by atoms with E-state index in [2.05, 4.69) is 37.9 Å². The van der Waals surface area contributed by atoms with Gasteiger partial charge in [-0.15, -0.1) is 0 Å². The van der Waals surface area contributed by atoms with Gasteiger partial charge in [-0.25, -0.2) is 9.97 Å². The molecule has 1 aromatic heterocycles. The SMILES string of the molecule is Cc1c(N)ncnc1Nc1ccc(I)cc1Cl. The minimum absolute atomic E-state index is 0.462. The number of halogens is 2. The number of nitrogens with two attached hydrogens (primary N) is 1. The van der Waals surface area contributed by atoms with Crippen molar-refractivity contribution in [1.82, 2.24) is 9.97 Å². The number of anilines is 3. The van der Waals surface area contributed by atoms with Crippen LogP contribution in [0.3, 0.4) is 0 Å². The Morgan fingerprint density at radius 2 is 2.12 bits per heavy atom. The molecule has 0 saturated carbocycles. The average molecular weight is 361 g/mol. The largest absolute Gasteiger partial charge is 0.383 e. The van der Waals surface area contributed by atoms with E-state index in [9.17, 15) is 0 Å². The Labute approximate surface area is 118 Å². The van der Waals surface area contributed by atoms with Crippen LogP contribution in [-0.4, -0.2) is 9.97 Å². The minimum atomic E-state index is 0.462. The topological polar surface area (TPSA) is 63.8 Å².